The molecular weight excluding hydrogens is 262 g/mol. The van der Waals surface area contributed by atoms with Gasteiger partial charge in [-0.1, -0.05) is 19.3 Å². The summed E-state index contributed by atoms with van der Waals surface area (Å²) < 4.78 is 5.97. The number of ether oxygens (including phenoxy) is 1. The summed E-state index contributed by atoms with van der Waals surface area (Å²) in [6, 6.07) is 0. The van der Waals surface area contributed by atoms with Crippen LogP contribution in [0.5, 0.6) is 5.88 Å². The first-order valence-corrected chi connectivity index (χ1v) is 8.47. The average molecular weight is 289 g/mol. The highest BCUT2D eigenvalue weighted by Gasteiger charge is 2.23. The molecule has 4 nitrogen and oxygen atoms in total. The van der Waals surface area contributed by atoms with Gasteiger partial charge in [-0.25, -0.2) is 4.98 Å². The summed E-state index contributed by atoms with van der Waals surface area (Å²) in [4.78, 5) is 11.2. The molecule has 4 heteroatoms. The molecule has 1 saturated carbocycles. The van der Waals surface area contributed by atoms with Crippen molar-refractivity contribution in [3.63, 3.8) is 0 Å². The molecule has 0 N–H and O–H groups in total. The molecule has 1 saturated heterocycles. The van der Waals surface area contributed by atoms with Gasteiger partial charge in [0, 0.05) is 25.8 Å². The molecule has 2 heterocycles. The lowest BCUT2D eigenvalue weighted by Gasteiger charge is -2.35. The molecule has 0 aromatic carbocycles. The molecule has 1 aromatic rings. The van der Waals surface area contributed by atoms with E-state index in [0.717, 1.165) is 24.5 Å². The summed E-state index contributed by atoms with van der Waals surface area (Å²) in [5, 5.41) is 0. The fourth-order valence-electron chi connectivity index (χ4n) is 3.61. The number of hydrogen-bond donors (Lipinski definition) is 0. The first-order chi connectivity index (χ1) is 10.3. The highest BCUT2D eigenvalue weighted by atomic mass is 16.5. The monoisotopic (exact) mass is 289 g/mol. The zero-order valence-corrected chi connectivity index (χ0v) is 13.1. The number of piperidine rings is 1. The quantitative estimate of drug-likeness (QED) is 0.853. The summed E-state index contributed by atoms with van der Waals surface area (Å²) in [5.41, 5.74) is 0.919. The van der Waals surface area contributed by atoms with Crippen LogP contribution in [-0.2, 0) is 0 Å². The number of likely N-dealkylation sites (tertiary alicyclic amines) is 1. The Kier molecular flexibility index (Phi) is 5.07. The Morgan fingerprint density at radius 1 is 1.10 bits per heavy atom. The van der Waals surface area contributed by atoms with Crippen molar-refractivity contribution in [1.82, 2.24) is 14.9 Å². The lowest BCUT2D eigenvalue weighted by Crippen LogP contribution is -2.41. The maximum Gasteiger partial charge on any atom is 0.232 e. The second-order valence-corrected chi connectivity index (χ2v) is 6.62. The van der Waals surface area contributed by atoms with Gasteiger partial charge in [0.15, 0.2) is 0 Å². The van der Waals surface area contributed by atoms with Gasteiger partial charge in [0.1, 0.15) is 6.10 Å². The Bertz CT molecular complexity index is 437. The van der Waals surface area contributed by atoms with Gasteiger partial charge in [-0.05, 0) is 38.5 Å². The van der Waals surface area contributed by atoms with Crippen LogP contribution in [-0.4, -0.2) is 40.6 Å². The number of aromatic nitrogens is 2. The van der Waals surface area contributed by atoms with Crippen LogP contribution in [0.2, 0.25) is 0 Å². The molecule has 1 aliphatic heterocycles. The standard InChI is InChI=1S/C17H27N3O/c1-14-11-18-12-17(19-14)21-16-7-9-20(10-8-16)13-15-5-3-2-4-6-15/h11-12,15-16H,2-10,13H2,1H3. The number of nitrogens with zero attached hydrogens (tertiary/aromatic N) is 3. The Morgan fingerprint density at radius 2 is 1.86 bits per heavy atom. The Balaban J connectivity index is 1.42. The predicted molar refractivity (Wildman–Crippen MR) is 83.4 cm³/mol. The molecule has 0 bridgehead atoms. The van der Waals surface area contributed by atoms with E-state index in [0.29, 0.717) is 12.0 Å². The lowest BCUT2D eigenvalue weighted by molar-refractivity contribution is 0.0830. The van der Waals surface area contributed by atoms with Crippen molar-refractivity contribution in [3.8, 4) is 5.88 Å². The van der Waals surface area contributed by atoms with Crippen LogP contribution in [0.25, 0.3) is 0 Å². The molecule has 2 aliphatic rings. The van der Waals surface area contributed by atoms with Gasteiger partial charge >= 0.3 is 0 Å². The van der Waals surface area contributed by atoms with Crippen molar-refractivity contribution in [3.05, 3.63) is 18.1 Å². The normalized spacial score (nSPS) is 22.3. The van der Waals surface area contributed by atoms with E-state index in [1.54, 1.807) is 12.4 Å². The Hall–Kier alpha value is -1.16. The van der Waals surface area contributed by atoms with Crippen LogP contribution in [0.1, 0.15) is 50.6 Å². The first kappa shape index (κ1) is 14.8. The van der Waals surface area contributed by atoms with Crippen molar-refractivity contribution >= 4 is 0 Å². The van der Waals surface area contributed by atoms with Gasteiger partial charge in [0.05, 0.1) is 11.9 Å². The average Bonchev–Trinajstić information content (AvgIpc) is 2.50. The highest BCUT2D eigenvalue weighted by Crippen LogP contribution is 2.26. The van der Waals surface area contributed by atoms with Gasteiger partial charge in [-0.2, -0.15) is 0 Å². The molecule has 0 amide bonds. The van der Waals surface area contributed by atoms with E-state index in [9.17, 15) is 0 Å². The third-order valence-corrected chi connectivity index (χ3v) is 4.80. The van der Waals surface area contributed by atoms with E-state index in [4.69, 9.17) is 4.74 Å². The largest absolute Gasteiger partial charge is 0.473 e. The molecule has 2 fully saturated rings. The van der Waals surface area contributed by atoms with Crippen molar-refractivity contribution in [2.24, 2.45) is 5.92 Å². The predicted octanol–water partition coefficient (Wildman–Crippen LogP) is 3.21. The Labute approximate surface area is 127 Å². The van der Waals surface area contributed by atoms with Crippen LogP contribution in [0.4, 0.5) is 0 Å². The number of rotatable bonds is 4. The van der Waals surface area contributed by atoms with Crippen LogP contribution in [0.15, 0.2) is 12.4 Å². The summed E-state index contributed by atoms with van der Waals surface area (Å²) in [6.45, 7) is 5.59. The maximum atomic E-state index is 5.97. The summed E-state index contributed by atoms with van der Waals surface area (Å²) in [7, 11) is 0. The topological polar surface area (TPSA) is 38.2 Å². The molecule has 116 valence electrons. The smallest absolute Gasteiger partial charge is 0.232 e. The SMILES string of the molecule is Cc1cncc(OC2CCN(CC3CCCCC3)CC2)n1. The van der Waals surface area contributed by atoms with Crippen LogP contribution in [0, 0.1) is 12.8 Å². The molecular formula is C17H27N3O. The van der Waals surface area contributed by atoms with Crippen LogP contribution < -0.4 is 4.74 Å². The van der Waals surface area contributed by atoms with Gasteiger partial charge < -0.3 is 9.64 Å². The maximum absolute atomic E-state index is 5.97. The minimum atomic E-state index is 0.309. The molecule has 0 spiro atoms. The third kappa shape index (κ3) is 4.40. The fraction of sp³-hybridized carbons (Fsp3) is 0.765. The van der Waals surface area contributed by atoms with E-state index >= 15 is 0 Å². The fourth-order valence-corrected chi connectivity index (χ4v) is 3.61. The van der Waals surface area contributed by atoms with Crippen LogP contribution >= 0.6 is 0 Å². The minimum absolute atomic E-state index is 0.309. The van der Waals surface area contributed by atoms with E-state index in [1.165, 1.54) is 51.7 Å². The van der Waals surface area contributed by atoms with Crippen molar-refractivity contribution in [1.29, 1.82) is 0 Å². The first-order valence-electron chi connectivity index (χ1n) is 8.47. The van der Waals surface area contributed by atoms with Gasteiger partial charge in [0.2, 0.25) is 5.88 Å². The molecule has 3 rings (SSSR count). The van der Waals surface area contributed by atoms with Gasteiger partial charge in [-0.15, -0.1) is 0 Å². The second kappa shape index (κ2) is 7.21. The minimum Gasteiger partial charge on any atom is -0.473 e. The van der Waals surface area contributed by atoms with Crippen molar-refractivity contribution < 1.29 is 4.74 Å². The van der Waals surface area contributed by atoms with E-state index < -0.39 is 0 Å². The van der Waals surface area contributed by atoms with Crippen molar-refractivity contribution in [2.45, 2.75) is 58.0 Å². The molecule has 21 heavy (non-hydrogen) atoms. The molecule has 1 aromatic heterocycles. The molecule has 1 aliphatic carbocycles. The van der Waals surface area contributed by atoms with E-state index in [2.05, 4.69) is 14.9 Å². The number of aryl methyl sites for hydroxylation is 1. The summed E-state index contributed by atoms with van der Waals surface area (Å²) in [6.07, 6.45) is 13.2. The lowest BCUT2D eigenvalue weighted by atomic mass is 9.88. The highest BCUT2D eigenvalue weighted by molar-refractivity contribution is 5.07. The molecule has 0 atom stereocenters. The summed E-state index contributed by atoms with van der Waals surface area (Å²) >= 11 is 0. The molecule has 0 radical (unpaired) electrons. The van der Waals surface area contributed by atoms with E-state index in [1.807, 2.05) is 6.92 Å². The van der Waals surface area contributed by atoms with E-state index in [-0.39, 0.29) is 0 Å². The second-order valence-electron chi connectivity index (χ2n) is 6.62. The van der Waals surface area contributed by atoms with Crippen LogP contribution in [0.3, 0.4) is 0 Å². The zero-order chi connectivity index (χ0) is 14.5. The van der Waals surface area contributed by atoms with Gasteiger partial charge in [-0.3, -0.25) is 4.98 Å². The number of hydrogen-bond acceptors (Lipinski definition) is 4. The third-order valence-electron chi connectivity index (χ3n) is 4.80. The molecule has 0 unspecified atom stereocenters. The summed E-state index contributed by atoms with van der Waals surface area (Å²) in [5.74, 6) is 1.62. The van der Waals surface area contributed by atoms with Crippen molar-refractivity contribution in [2.75, 3.05) is 19.6 Å². The Morgan fingerprint density at radius 3 is 2.57 bits per heavy atom. The van der Waals surface area contributed by atoms with Gasteiger partial charge in [0.25, 0.3) is 0 Å². The zero-order valence-electron chi connectivity index (χ0n) is 13.1.